The van der Waals surface area contributed by atoms with Gasteiger partial charge in [-0.2, -0.15) is 0 Å². The lowest BCUT2D eigenvalue weighted by molar-refractivity contribution is 0.0601. The van der Waals surface area contributed by atoms with Crippen LogP contribution in [0.25, 0.3) is 11.0 Å². The lowest BCUT2D eigenvalue weighted by Gasteiger charge is -2.22. The SMILES string of the molecule is COC(=O)c1ccccc1N[C@@H](c1ccccc1)n1nnc2ccccc21. The normalized spacial score (nSPS) is 11.9. The van der Waals surface area contributed by atoms with Gasteiger partial charge in [-0.3, -0.25) is 0 Å². The summed E-state index contributed by atoms with van der Waals surface area (Å²) in [6, 6.07) is 24.9. The van der Waals surface area contributed by atoms with Gasteiger partial charge in [0.05, 0.1) is 23.9 Å². The maximum atomic E-state index is 12.2. The second kappa shape index (κ2) is 7.29. The summed E-state index contributed by atoms with van der Waals surface area (Å²) in [5.41, 5.74) is 3.83. The Morgan fingerprint density at radius 1 is 0.963 bits per heavy atom. The number of nitrogens with zero attached hydrogens (tertiary/aromatic N) is 3. The Morgan fingerprint density at radius 2 is 1.67 bits per heavy atom. The molecule has 1 N–H and O–H groups in total. The summed E-state index contributed by atoms with van der Waals surface area (Å²) in [5, 5.41) is 12.0. The van der Waals surface area contributed by atoms with Crippen LogP contribution in [0.15, 0.2) is 78.9 Å². The van der Waals surface area contributed by atoms with Crippen LogP contribution in [-0.4, -0.2) is 28.1 Å². The average molecular weight is 358 g/mol. The number of nitrogens with one attached hydrogen (secondary N) is 1. The molecule has 4 aromatic rings. The number of rotatable bonds is 5. The Labute approximate surface area is 156 Å². The van der Waals surface area contributed by atoms with E-state index in [4.69, 9.17) is 4.74 Å². The van der Waals surface area contributed by atoms with Crippen molar-refractivity contribution in [3.63, 3.8) is 0 Å². The molecule has 134 valence electrons. The number of carbonyl (C=O) groups is 1. The smallest absolute Gasteiger partial charge is 0.339 e. The van der Waals surface area contributed by atoms with Crippen molar-refractivity contribution >= 4 is 22.7 Å². The van der Waals surface area contributed by atoms with Crippen LogP contribution in [0.5, 0.6) is 0 Å². The van der Waals surface area contributed by atoms with Crippen LogP contribution in [0.4, 0.5) is 5.69 Å². The number of benzene rings is 3. The number of hydrogen-bond acceptors (Lipinski definition) is 5. The summed E-state index contributed by atoms with van der Waals surface area (Å²) in [6.07, 6.45) is -0.343. The molecule has 0 saturated heterocycles. The predicted molar refractivity (Wildman–Crippen MR) is 104 cm³/mol. The molecule has 1 heterocycles. The Kier molecular flexibility index (Phi) is 4.53. The first-order valence-electron chi connectivity index (χ1n) is 8.56. The summed E-state index contributed by atoms with van der Waals surface area (Å²) in [7, 11) is 1.37. The summed E-state index contributed by atoms with van der Waals surface area (Å²) in [6.45, 7) is 0. The molecule has 1 atom stereocenters. The van der Waals surface area contributed by atoms with Crippen molar-refractivity contribution in [1.82, 2.24) is 15.0 Å². The second-order valence-electron chi connectivity index (χ2n) is 6.02. The Hall–Kier alpha value is -3.67. The van der Waals surface area contributed by atoms with E-state index in [9.17, 15) is 4.79 Å². The third-order valence-corrected chi connectivity index (χ3v) is 4.36. The Balaban J connectivity index is 1.82. The number of para-hydroxylation sites is 2. The molecular formula is C21H18N4O2. The van der Waals surface area contributed by atoms with Crippen molar-refractivity contribution < 1.29 is 9.53 Å². The summed E-state index contributed by atoms with van der Waals surface area (Å²) in [5.74, 6) is -0.395. The molecular weight excluding hydrogens is 340 g/mol. The molecule has 0 aliphatic heterocycles. The van der Waals surface area contributed by atoms with E-state index >= 15 is 0 Å². The Morgan fingerprint density at radius 3 is 2.48 bits per heavy atom. The fraction of sp³-hybridized carbons (Fsp3) is 0.0952. The molecule has 0 aliphatic carbocycles. The van der Waals surface area contributed by atoms with Crippen molar-refractivity contribution in [2.45, 2.75) is 6.17 Å². The van der Waals surface area contributed by atoms with Gasteiger partial charge in [0.15, 0.2) is 0 Å². The van der Waals surface area contributed by atoms with Gasteiger partial charge in [0.2, 0.25) is 0 Å². The van der Waals surface area contributed by atoms with E-state index in [0.717, 1.165) is 16.6 Å². The maximum Gasteiger partial charge on any atom is 0.339 e. The van der Waals surface area contributed by atoms with Gasteiger partial charge in [0.1, 0.15) is 11.7 Å². The molecule has 0 bridgehead atoms. The van der Waals surface area contributed by atoms with E-state index in [2.05, 4.69) is 15.6 Å². The van der Waals surface area contributed by atoms with E-state index in [1.54, 1.807) is 12.1 Å². The van der Waals surface area contributed by atoms with E-state index in [-0.39, 0.29) is 6.17 Å². The first kappa shape index (κ1) is 16.8. The zero-order valence-electron chi connectivity index (χ0n) is 14.7. The van der Waals surface area contributed by atoms with Gasteiger partial charge in [-0.1, -0.05) is 59.8 Å². The molecule has 0 radical (unpaired) electrons. The molecule has 0 amide bonds. The topological polar surface area (TPSA) is 69.0 Å². The zero-order valence-corrected chi connectivity index (χ0v) is 14.7. The number of carbonyl (C=O) groups excluding carboxylic acids is 1. The predicted octanol–water partition coefficient (Wildman–Crippen LogP) is 3.88. The largest absolute Gasteiger partial charge is 0.465 e. The first-order valence-corrected chi connectivity index (χ1v) is 8.56. The van der Waals surface area contributed by atoms with Crippen molar-refractivity contribution in [1.29, 1.82) is 0 Å². The van der Waals surface area contributed by atoms with Crippen LogP contribution < -0.4 is 5.32 Å². The molecule has 0 spiro atoms. The van der Waals surface area contributed by atoms with Gasteiger partial charge in [0.25, 0.3) is 0 Å². The van der Waals surface area contributed by atoms with Crippen LogP contribution in [-0.2, 0) is 4.74 Å². The van der Waals surface area contributed by atoms with E-state index in [0.29, 0.717) is 11.3 Å². The molecule has 0 unspecified atom stereocenters. The number of methoxy groups -OCH3 is 1. The lowest BCUT2D eigenvalue weighted by Crippen LogP contribution is -2.22. The molecule has 0 fully saturated rings. The zero-order chi connectivity index (χ0) is 18.6. The number of fused-ring (bicyclic) bond motifs is 1. The second-order valence-corrected chi connectivity index (χ2v) is 6.02. The summed E-state index contributed by atoms with van der Waals surface area (Å²) < 4.78 is 6.73. The van der Waals surface area contributed by atoms with E-state index in [1.165, 1.54) is 7.11 Å². The highest BCUT2D eigenvalue weighted by Gasteiger charge is 2.20. The van der Waals surface area contributed by atoms with Crippen molar-refractivity contribution in [2.75, 3.05) is 12.4 Å². The van der Waals surface area contributed by atoms with Crippen LogP contribution in [0.2, 0.25) is 0 Å². The molecule has 4 rings (SSSR count). The minimum atomic E-state index is -0.395. The molecule has 6 heteroatoms. The third-order valence-electron chi connectivity index (χ3n) is 4.36. The van der Waals surface area contributed by atoms with E-state index in [1.807, 2.05) is 71.4 Å². The van der Waals surface area contributed by atoms with Crippen molar-refractivity contribution in [3.8, 4) is 0 Å². The lowest BCUT2D eigenvalue weighted by atomic mass is 10.1. The summed E-state index contributed by atoms with van der Waals surface area (Å²) in [4.78, 5) is 12.2. The highest BCUT2D eigenvalue weighted by Crippen LogP contribution is 2.26. The van der Waals surface area contributed by atoms with Crippen molar-refractivity contribution in [2.24, 2.45) is 0 Å². The molecule has 0 aliphatic rings. The van der Waals surface area contributed by atoms with Gasteiger partial charge >= 0.3 is 5.97 Å². The monoisotopic (exact) mass is 358 g/mol. The number of ether oxygens (including phenoxy) is 1. The van der Waals surface area contributed by atoms with Crippen LogP contribution in [0.1, 0.15) is 22.1 Å². The van der Waals surface area contributed by atoms with Gasteiger partial charge in [-0.25, -0.2) is 9.48 Å². The molecule has 0 saturated carbocycles. The molecule has 6 nitrogen and oxygen atoms in total. The average Bonchev–Trinajstić information content (AvgIpc) is 3.16. The minimum absolute atomic E-state index is 0.343. The molecule has 1 aromatic heterocycles. The van der Waals surface area contributed by atoms with E-state index < -0.39 is 5.97 Å². The standard InChI is InChI=1S/C21H18N4O2/c1-27-21(26)16-11-5-6-12-17(16)22-20(15-9-3-2-4-10-15)25-19-14-8-7-13-18(19)23-24-25/h2-14,20,22H,1H3/t20-/m1/s1. The number of esters is 1. The van der Waals surface area contributed by atoms with Crippen LogP contribution in [0, 0.1) is 0 Å². The molecule has 3 aromatic carbocycles. The van der Waals surface area contributed by atoms with Gasteiger partial charge in [-0.05, 0) is 29.8 Å². The fourth-order valence-electron chi connectivity index (χ4n) is 3.04. The number of anilines is 1. The van der Waals surface area contributed by atoms with Crippen LogP contribution in [0.3, 0.4) is 0 Å². The Bertz CT molecular complexity index is 1080. The quantitative estimate of drug-likeness (QED) is 0.548. The van der Waals surface area contributed by atoms with Gasteiger partial charge in [-0.15, -0.1) is 5.10 Å². The minimum Gasteiger partial charge on any atom is -0.465 e. The number of hydrogen-bond donors (Lipinski definition) is 1. The van der Waals surface area contributed by atoms with Crippen LogP contribution >= 0.6 is 0 Å². The maximum absolute atomic E-state index is 12.2. The first-order chi connectivity index (χ1) is 13.3. The number of aromatic nitrogens is 3. The molecule has 27 heavy (non-hydrogen) atoms. The fourth-order valence-corrected chi connectivity index (χ4v) is 3.04. The summed E-state index contributed by atoms with van der Waals surface area (Å²) >= 11 is 0. The van der Waals surface area contributed by atoms with Gasteiger partial charge < -0.3 is 10.1 Å². The highest BCUT2D eigenvalue weighted by atomic mass is 16.5. The highest BCUT2D eigenvalue weighted by molar-refractivity contribution is 5.95. The van der Waals surface area contributed by atoms with Gasteiger partial charge in [0, 0.05) is 0 Å². The van der Waals surface area contributed by atoms with Crippen molar-refractivity contribution in [3.05, 3.63) is 90.0 Å². The third kappa shape index (κ3) is 3.25.